The van der Waals surface area contributed by atoms with Crippen molar-refractivity contribution in [2.45, 2.75) is 36.4 Å². The quantitative estimate of drug-likeness (QED) is 0.326. The predicted octanol–water partition coefficient (Wildman–Crippen LogP) is 4.21. The molecule has 2 saturated heterocycles. The average Bonchev–Trinajstić information content (AvgIpc) is 3.17. The second kappa shape index (κ2) is 12.2. The maximum Gasteiger partial charge on any atom is 0.328 e. The van der Waals surface area contributed by atoms with Crippen LogP contribution in [0, 0.1) is 0 Å². The molecule has 2 aliphatic rings. The van der Waals surface area contributed by atoms with Crippen molar-refractivity contribution in [1.82, 2.24) is 14.7 Å². The van der Waals surface area contributed by atoms with Gasteiger partial charge in [-0.1, -0.05) is 42.5 Å². The van der Waals surface area contributed by atoms with E-state index in [1.54, 1.807) is 31.3 Å². The molecular formula is C32H37N3O6S. The Morgan fingerprint density at radius 1 is 0.833 bits per heavy atom. The monoisotopic (exact) mass is 591 g/mol. The lowest BCUT2D eigenvalue weighted by molar-refractivity contribution is -0.136. The molecule has 222 valence electrons. The average molecular weight is 592 g/mol. The fourth-order valence-corrected chi connectivity index (χ4v) is 6.56. The molecule has 0 atom stereocenters. The van der Waals surface area contributed by atoms with E-state index in [9.17, 15) is 18.0 Å². The van der Waals surface area contributed by atoms with Gasteiger partial charge in [0.05, 0.1) is 25.2 Å². The second-order valence-electron chi connectivity index (χ2n) is 11.0. The lowest BCUT2D eigenvalue weighted by atomic mass is 9.85. The number of urea groups is 1. The number of sulfone groups is 1. The zero-order chi connectivity index (χ0) is 29.9. The number of carbonyl (C=O) groups is 2. The first-order valence-corrected chi connectivity index (χ1v) is 15.9. The van der Waals surface area contributed by atoms with E-state index in [0.717, 1.165) is 22.3 Å². The van der Waals surface area contributed by atoms with Gasteiger partial charge in [-0.25, -0.2) is 13.2 Å². The van der Waals surface area contributed by atoms with E-state index in [1.807, 2.05) is 48.5 Å². The number of imide groups is 1. The molecule has 42 heavy (non-hydrogen) atoms. The van der Waals surface area contributed by atoms with Crippen LogP contribution < -0.4 is 4.74 Å². The molecule has 3 aromatic rings. The highest BCUT2D eigenvalue weighted by Gasteiger charge is 2.57. The molecule has 0 bridgehead atoms. The smallest absolute Gasteiger partial charge is 0.328 e. The number of rotatable bonds is 10. The van der Waals surface area contributed by atoms with Gasteiger partial charge in [0.25, 0.3) is 5.91 Å². The summed E-state index contributed by atoms with van der Waals surface area (Å²) >= 11 is 0. The summed E-state index contributed by atoms with van der Waals surface area (Å²) < 4.78 is 34.3. The zero-order valence-electron chi connectivity index (χ0n) is 24.3. The molecule has 2 heterocycles. The number of hydrogen-bond acceptors (Lipinski definition) is 7. The summed E-state index contributed by atoms with van der Waals surface area (Å²) in [5, 5.41) is 0. The van der Waals surface area contributed by atoms with Gasteiger partial charge in [0.15, 0.2) is 9.84 Å². The topological polar surface area (TPSA) is 96.5 Å². The molecule has 0 aromatic heterocycles. The molecular weight excluding hydrogens is 554 g/mol. The molecule has 3 amide bonds. The van der Waals surface area contributed by atoms with Crippen LogP contribution >= 0.6 is 0 Å². The summed E-state index contributed by atoms with van der Waals surface area (Å²) in [4.78, 5) is 33.2. The molecule has 0 N–H and O–H groups in total. The normalized spacial score (nSPS) is 17.3. The molecule has 5 rings (SSSR count). The molecule has 2 fully saturated rings. The highest BCUT2D eigenvalue weighted by molar-refractivity contribution is 7.90. The number of methoxy groups -OCH3 is 2. The molecule has 0 aliphatic carbocycles. The van der Waals surface area contributed by atoms with Crippen molar-refractivity contribution in [3.05, 3.63) is 83.9 Å². The minimum Gasteiger partial charge on any atom is -0.497 e. The number of nitrogens with zero attached hydrogens (tertiary/aromatic N) is 3. The van der Waals surface area contributed by atoms with Crippen LogP contribution in [0.3, 0.4) is 0 Å². The first-order chi connectivity index (χ1) is 20.1. The van der Waals surface area contributed by atoms with Crippen LogP contribution in [0.1, 0.15) is 24.0 Å². The molecule has 1 spiro atoms. The van der Waals surface area contributed by atoms with Gasteiger partial charge in [-0.2, -0.15) is 0 Å². The Hall–Kier alpha value is -3.73. The number of carbonyl (C=O) groups excluding carboxylic acids is 2. The number of benzene rings is 3. The number of hydrogen-bond donors (Lipinski definition) is 0. The van der Waals surface area contributed by atoms with Crippen LogP contribution in [0.4, 0.5) is 4.79 Å². The standard InChI is InChI=1S/C32H37N3O6S/c1-40-19-18-35-31(37)34(23-25-7-5-9-28(21-25)41-2)30(36)32(35)14-16-33(17-15-32)22-24-6-4-8-27(20-24)26-10-12-29(13-11-26)42(3,38)39/h4-13,20-21H,14-19,22-23H2,1-3H3. The van der Waals surface area contributed by atoms with Crippen LogP contribution in [-0.4, -0.2) is 87.3 Å². The van der Waals surface area contributed by atoms with E-state index in [4.69, 9.17) is 9.47 Å². The van der Waals surface area contributed by atoms with E-state index < -0.39 is 15.4 Å². The van der Waals surface area contributed by atoms with Gasteiger partial charge >= 0.3 is 6.03 Å². The molecule has 0 saturated carbocycles. The van der Waals surface area contributed by atoms with Crippen LogP contribution in [0.25, 0.3) is 11.1 Å². The molecule has 0 unspecified atom stereocenters. The molecule has 10 heteroatoms. The van der Waals surface area contributed by atoms with Gasteiger partial charge in [0.2, 0.25) is 0 Å². The Bertz CT molecular complexity index is 1550. The molecule has 3 aromatic carbocycles. The van der Waals surface area contributed by atoms with Crippen molar-refractivity contribution in [3.63, 3.8) is 0 Å². The van der Waals surface area contributed by atoms with Crippen molar-refractivity contribution >= 4 is 21.8 Å². The first-order valence-electron chi connectivity index (χ1n) is 14.0. The SMILES string of the molecule is COCCN1C(=O)N(Cc2cccc(OC)c2)C(=O)C12CCN(Cc1cccc(-c3ccc(S(C)(=O)=O)cc3)c1)CC2. The van der Waals surface area contributed by atoms with E-state index >= 15 is 0 Å². The van der Waals surface area contributed by atoms with Crippen LogP contribution in [0.15, 0.2) is 77.7 Å². The summed E-state index contributed by atoms with van der Waals surface area (Å²) in [7, 11) is -0.0588. The van der Waals surface area contributed by atoms with E-state index in [1.165, 1.54) is 11.2 Å². The van der Waals surface area contributed by atoms with Crippen LogP contribution in [-0.2, 0) is 32.5 Å². The van der Waals surface area contributed by atoms with Gasteiger partial charge in [0.1, 0.15) is 11.3 Å². The minimum absolute atomic E-state index is 0.148. The largest absolute Gasteiger partial charge is 0.497 e. The van der Waals surface area contributed by atoms with Gasteiger partial charge in [-0.05, 0) is 65.4 Å². The van der Waals surface area contributed by atoms with Gasteiger partial charge < -0.3 is 14.4 Å². The Balaban J connectivity index is 1.29. The Kier molecular flexibility index (Phi) is 8.68. The highest BCUT2D eigenvalue weighted by atomic mass is 32.2. The summed E-state index contributed by atoms with van der Waals surface area (Å²) in [5.74, 6) is 0.534. The molecule has 9 nitrogen and oxygen atoms in total. The lowest BCUT2D eigenvalue weighted by Gasteiger charge is -2.42. The highest BCUT2D eigenvalue weighted by Crippen LogP contribution is 2.38. The summed E-state index contributed by atoms with van der Waals surface area (Å²) in [5.41, 5.74) is 3.04. The van der Waals surface area contributed by atoms with Gasteiger partial charge in [-0.15, -0.1) is 0 Å². The maximum absolute atomic E-state index is 13.9. The summed E-state index contributed by atoms with van der Waals surface area (Å²) in [6.45, 7) is 2.96. The third kappa shape index (κ3) is 6.06. The minimum atomic E-state index is -3.25. The summed E-state index contributed by atoms with van der Waals surface area (Å²) in [6, 6.07) is 22.3. The van der Waals surface area contributed by atoms with E-state index in [2.05, 4.69) is 17.0 Å². The third-order valence-corrected chi connectivity index (χ3v) is 9.38. The zero-order valence-corrected chi connectivity index (χ0v) is 25.1. The van der Waals surface area contributed by atoms with Gasteiger partial charge in [-0.3, -0.25) is 14.6 Å². The van der Waals surface area contributed by atoms with Crippen molar-refractivity contribution in [1.29, 1.82) is 0 Å². The Labute approximate surface area is 247 Å². The van der Waals surface area contributed by atoms with Gasteiger partial charge in [0, 0.05) is 39.5 Å². The Morgan fingerprint density at radius 2 is 1.50 bits per heavy atom. The third-order valence-electron chi connectivity index (χ3n) is 8.25. The van der Waals surface area contributed by atoms with Crippen molar-refractivity contribution in [3.8, 4) is 16.9 Å². The summed E-state index contributed by atoms with van der Waals surface area (Å²) in [6.07, 6.45) is 2.29. The van der Waals surface area contributed by atoms with Crippen LogP contribution in [0.5, 0.6) is 5.75 Å². The fourth-order valence-electron chi connectivity index (χ4n) is 5.93. The van der Waals surface area contributed by atoms with Crippen molar-refractivity contribution in [2.24, 2.45) is 0 Å². The number of amides is 3. The van der Waals surface area contributed by atoms with Crippen molar-refractivity contribution < 1.29 is 27.5 Å². The van der Waals surface area contributed by atoms with E-state index in [-0.39, 0.29) is 18.5 Å². The maximum atomic E-state index is 13.9. The second-order valence-corrected chi connectivity index (χ2v) is 13.0. The van der Waals surface area contributed by atoms with Crippen molar-refractivity contribution in [2.75, 3.05) is 46.7 Å². The predicted molar refractivity (Wildman–Crippen MR) is 160 cm³/mol. The van der Waals surface area contributed by atoms with Crippen LogP contribution in [0.2, 0.25) is 0 Å². The fraction of sp³-hybridized carbons (Fsp3) is 0.375. The molecule has 2 aliphatic heterocycles. The Morgan fingerprint density at radius 3 is 2.14 bits per heavy atom. The first kappa shape index (κ1) is 29.8. The molecule has 0 radical (unpaired) electrons. The van der Waals surface area contributed by atoms with E-state index in [0.29, 0.717) is 56.3 Å². The number of ether oxygens (including phenoxy) is 2. The number of likely N-dealkylation sites (tertiary alicyclic amines) is 1. The number of piperidine rings is 1. The lowest BCUT2D eigenvalue weighted by Crippen LogP contribution is -2.57.